The Morgan fingerprint density at radius 1 is 1.20 bits per heavy atom. The van der Waals surface area contributed by atoms with E-state index in [1.807, 2.05) is 0 Å². The highest BCUT2D eigenvalue weighted by atomic mass is 19.1. The number of fused-ring (bicyclic) bond motifs is 1. The zero-order valence-electron chi connectivity index (χ0n) is 11.6. The van der Waals surface area contributed by atoms with Crippen LogP contribution >= 0.6 is 0 Å². The molecular weight excluding hydrogens is 255 g/mol. The largest absolute Gasteiger partial charge is 0.458 e. The molecule has 0 radical (unpaired) electrons. The Labute approximate surface area is 118 Å². The van der Waals surface area contributed by atoms with Crippen molar-refractivity contribution >= 4 is 11.0 Å². The molecule has 1 aromatic heterocycles. The molecule has 1 heterocycles. The lowest BCUT2D eigenvalue weighted by Crippen LogP contribution is -2.08. The minimum absolute atomic E-state index is 0.276. The minimum Gasteiger partial charge on any atom is -0.458 e. The number of hydrogen-bond acceptors (Lipinski definition) is 2. The third-order valence-electron chi connectivity index (χ3n) is 4.40. The molecule has 1 fully saturated rings. The number of furan rings is 1. The predicted octanol–water partition coefficient (Wildman–Crippen LogP) is 4.97. The molecule has 2 aromatic rings. The topological polar surface area (TPSA) is 33.4 Å². The molecule has 108 valence electrons. The Hall–Kier alpha value is -1.35. The van der Waals surface area contributed by atoms with Crippen LogP contribution in [0, 0.1) is 11.7 Å². The maximum absolute atomic E-state index is 13.1. The van der Waals surface area contributed by atoms with Crippen molar-refractivity contribution in [1.29, 1.82) is 0 Å². The van der Waals surface area contributed by atoms with Gasteiger partial charge >= 0.3 is 0 Å². The number of hydrogen-bond donors (Lipinski definition) is 1. The van der Waals surface area contributed by atoms with Gasteiger partial charge in [-0.05, 0) is 43.0 Å². The van der Waals surface area contributed by atoms with Crippen LogP contribution in [0.15, 0.2) is 28.7 Å². The van der Waals surface area contributed by atoms with Gasteiger partial charge in [0.05, 0.1) is 0 Å². The molecule has 0 spiro atoms. The van der Waals surface area contributed by atoms with Crippen LogP contribution < -0.4 is 0 Å². The van der Waals surface area contributed by atoms with Crippen LogP contribution in [0.5, 0.6) is 0 Å². The molecule has 0 amide bonds. The van der Waals surface area contributed by atoms with E-state index in [-0.39, 0.29) is 5.82 Å². The maximum Gasteiger partial charge on any atom is 0.134 e. The van der Waals surface area contributed by atoms with Gasteiger partial charge in [0.25, 0.3) is 0 Å². The number of aliphatic hydroxyl groups excluding tert-OH is 1. The molecule has 1 saturated carbocycles. The molecule has 20 heavy (non-hydrogen) atoms. The summed E-state index contributed by atoms with van der Waals surface area (Å²) in [4.78, 5) is 0. The second kappa shape index (κ2) is 5.96. The summed E-state index contributed by atoms with van der Waals surface area (Å²) in [5.41, 5.74) is 0.637. The second-order valence-corrected chi connectivity index (χ2v) is 5.93. The molecule has 1 aliphatic rings. The summed E-state index contributed by atoms with van der Waals surface area (Å²) in [7, 11) is 0. The first-order chi connectivity index (χ1) is 9.72. The number of aliphatic hydroxyl groups is 1. The zero-order chi connectivity index (χ0) is 13.9. The zero-order valence-corrected chi connectivity index (χ0v) is 11.6. The Kier molecular flexibility index (Phi) is 4.06. The Morgan fingerprint density at radius 2 is 2.00 bits per heavy atom. The molecule has 1 aromatic carbocycles. The van der Waals surface area contributed by atoms with E-state index in [2.05, 4.69) is 0 Å². The molecule has 2 nitrogen and oxygen atoms in total. The lowest BCUT2D eigenvalue weighted by molar-refractivity contribution is 0.129. The van der Waals surface area contributed by atoms with Gasteiger partial charge in [0, 0.05) is 5.39 Å². The van der Waals surface area contributed by atoms with Crippen molar-refractivity contribution in [1.82, 2.24) is 0 Å². The third kappa shape index (κ3) is 3.04. The van der Waals surface area contributed by atoms with Crippen LogP contribution in [0.3, 0.4) is 0 Å². The van der Waals surface area contributed by atoms with Gasteiger partial charge in [-0.3, -0.25) is 0 Å². The highest BCUT2D eigenvalue weighted by Gasteiger charge is 2.18. The minimum atomic E-state index is -0.576. The Bertz CT molecular complexity index is 569. The quantitative estimate of drug-likeness (QED) is 0.855. The highest BCUT2D eigenvalue weighted by Crippen LogP contribution is 2.32. The first-order valence-electron chi connectivity index (χ1n) is 7.59. The molecule has 1 unspecified atom stereocenters. The third-order valence-corrected chi connectivity index (χ3v) is 4.40. The van der Waals surface area contributed by atoms with E-state index in [9.17, 15) is 9.50 Å². The van der Waals surface area contributed by atoms with E-state index in [0.29, 0.717) is 11.3 Å². The van der Waals surface area contributed by atoms with Gasteiger partial charge in [0.15, 0.2) is 0 Å². The average Bonchev–Trinajstić information content (AvgIpc) is 2.89. The smallest absolute Gasteiger partial charge is 0.134 e. The van der Waals surface area contributed by atoms with Crippen molar-refractivity contribution in [2.45, 2.75) is 51.0 Å². The van der Waals surface area contributed by atoms with Gasteiger partial charge in [-0.2, -0.15) is 0 Å². The molecule has 0 bridgehead atoms. The molecule has 1 atom stereocenters. The van der Waals surface area contributed by atoms with Crippen molar-refractivity contribution < 1.29 is 13.9 Å². The van der Waals surface area contributed by atoms with Crippen molar-refractivity contribution in [2.24, 2.45) is 5.92 Å². The van der Waals surface area contributed by atoms with Crippen molar-refractivity contribution in [2.75, 3.05) is 0 Å². The fourth-order valence-electron chi connectivity index (χ4n) is 3.21. The van der Waals surface area contributed by atoms with E-state index >= 15 is 0 Å². The first-order valence-corrected chi connectivity index (χ1v) is 7.59. The average molecular weight is 276 g/mol. The summed E-state index contributed by atoms with van der Waals surface area (Å²) in [6.45, 7) is 0. The van der Waals surface area contributed by atoms with Crippen LogP contribution in [0.25, 0.3) is 11.0 Å². The number of rotatable bonds is 4. The van der Waals surface area contributed by atoms with Crippen LogP contribution in [0.1, 0.15) is 56.8 Å². The molecule has 3 rings (SSSR count). The van der Waals surface area contributed by atoms with Gasteiger partial charge in [-0.1, -0.05) is 32.1 Å². The van der Waals surface area contributed by atoms with E-state index in [1.54, 1.807) is 12.1 Å². The van der Waals surface area contributed by atoms with Crippen LogP contribution in [0.4, 0.5) is 4.39 Å². The standard InChI is InChI=1S/C17H21FO2/c18-14-7-9-16-13(10-14)11-17(20-16)15(19)8-6-12-4-2-1-3-5-12/h7,9-12,15,19H,1-6,8H2. The predicted molar refractivity (Wildman–Crippen MR) is 76.9 cm³/mol. The van der Waals surface area contributed by atoms with Crippen molar-refractivity contribution in [3.8, 4) is 0 Å². The van der Waals surface area contributed by atoms with Crippen molar-refractivity contribution in [3.63, 3.8) is 0 Å². The molecule has 0 aliphatic heterocycles. The monoisotopic (exact) mass is 276 g/mol. The molecule has 0 saturated heterocycles. The molecule has 3 heteroatoms. The van der Waals surface area contributed by atoms with Gasteiger partial charge in [0.1, 0.15) is 23.3 Å². The first kappa shape index (κ1) is 13.6. The van der Waals surface area contributed by atoms with Gasteiger partial charge < -0.3 is 9.52 Å². The van der Waals surface area contributed by atoms with E-state index in [1.165, 1.54) is 44.2 Å². The summed E-state index contributed by atoms with van der Waals surface area (Å²) in [6.07, 6.45) is 7.78. The number of halogens is 1. The van der Waals surface area contributed by atoms with E-state index in [0.717, 1.165) is 24.1 Å². The fourth-order valence-corrected chi connectivity index (χ4v) is 3.21. The van der Waals surface area contributed by atoms with E-state index < -0.39 is 6.10 Å². The molecular formula is C17H21FO2. The SMILES string of the molecule is OC(CCC1CCCCC1)c1cc2cc(F)ccc2o1. The highest BCUT2D eigenvalue weighted by molar-refractivity contribution is 5.77. The van der Waals surface area contributed by atoms with Crippen LogP contribution in [-0.2, 0) is 0 Å². The van der Waals surface area contributed by atoms with Crippen LogP contribution in [0.2, 0.25) is 0 Å². The fraction of sp³-hybridized carbons (Fsp3) is 0.529. The second-order valence-electron chi connectivity index (χ2n) is 5.93. The lowest BCUT2D eigenvalue weighted by Gasteiger charge is -2.22. The normalized spacial score (nSPS) is 18.5. The van der Waals surface area contributed by atoms with Gasteiger partial charge in [-0.25, -0.2) is 4.39 Å². The summed E-state index contributed by atoms with van der Waals surface area (Å²) >= 11 is 0. The summed E-state index contributed by atoms with van der Waals surface area (Å²) in [5.74, 6) is 1.03. The maximum atomic E-state index is 13.1. The van der Waals surface area contributed by atoms with Gasteiger partial charge in [-0.15, -0.1) is 0 Å². The van der Waals surface area contributed by atoms with E-state index in [4.69, 9.17) is 4.42 Å². The summed E-state index contributed by atoms with van der Waals surface area (Å²) in [6, 6.07) is 6.19. The lowest BCUT2D eigenvalue weighted by atomic mass is 9.85. The Morgan fingerprint density at radius 3 is 2.80 bits per heavy atom. The summed E-state index contributed by atoms with van der Waals surface area (Å²) in [5, 5.41) is 11.0. The van der Waals surface area contributed by atoms with Crippen molar-refractivity contribution in [3.05, 3.63) is 35.8 Å². The summed E-state index contributed by atoms with van der Waals surface area (Å²) < 4.78 is 18.7. The van der Waals surface area contributed by atoms with Crippen LogP contribution in [-0.4, -0.2) is 5.11 Å². The van der Waals surface area contributed by atoms with Gasteiger partial charge in [0.2, 0.25) is 0 Å². The molecule has 1 N–H and O–H groups in total. The number of benzene rings is 1. The Balaban J connectivity index is 1.64. The molecule has 1 aliphatic carbocycles.